The van der Waals surface area contributed by atoms with Crippen molar-refractivity contribution < 1.29 is 4.79 Å². The maximum Gasteiger partial charge on any atom is 0.252 e. The topological polar surface area (TPSA) is 52.9 Å². The van der Waals surface area contributed by atoms with Gasteiger partial charge >= 0.3 is 0 Å². The van der Waals surface area contributed by atoms with Gasteiger partial charge in [0.15, 0.2) is 0 Å². The number of hydrogen-bond acceptors (Lipinski definition) is 2. The first kappa shape index (κ1) is 12.3. The molecule has 0 aliphatic heterocycles. The summed E-state index contributed by atoms with van der Waals surface area (Å²) in [5.74, 6) is -0.191. The van der Waals surface area contributed by atoms with Crippen LogP contribution in [0.15, 0.2) is 24.3 Å². The summed E-state index contributed by atoms with van der Waals surface area (Å²) in [6, 6.07) is 9.42. The molecule has 3 nitrogen and oxygen atoms in total. The van der Waals surface area contributed by atoms with Crippen molar-refractivity contribution in [3.05, 3.63) is 35.4 Å². The fourth-order valence-electron chi connectivity index (χ4n) is 1.43. The Bertz CT molecular complexity index is 376. The van der Waals surface area contributed by atoms with Gasteiger partial charge in [-0.25, -0.2) is 0 Å². The van der Waals surface area contributed by atoms with Crippen molar-refractivity contribution in [2.75, 3.05) is 6.54 Å². The highest BCUT2D eigenvalue weighted by Gasteiger charge is 2.03. The maximum atomic E-state index is 11.5. The van der Waals surface area contributed by atoms with Crippen LogP contribution in [-0.2, 0) is 6.42 Å². The number of aryl methyl sites for hydroxylation is 1. The van der Waals surface area contributed by atoms with E-state index < -0.39 is 0 Å². The summed E-state index contributed by atoms with van der Waals surface area (Å²) in [6.45, 7) is 2.21. The van der Waals surface area contributed by atoms with E-state index in [-0.39, 0.29) is 12.5 Å². The van der Waals surface area contributed by atoms with Crippen molar-refractivity contribution in [2.45, 2.75) is 26.2 Å². The Morgan fingerprint density at radius 3 is 2.62 bits per heavy atom. The molecule has 1 N–H and O–H groups in total. The summed E-state index contributed by atoms with van der Waals surface area (Å²) in [7, 11) is 0. The smallest absolute Gasteiger partial charge is 0.252 e. The second-order valence-electron chi connectivity index (χ2n) is 3.64. The zero-order valence-corrected chi connectivity index (χ0v) is 9.49. The van der Waals surface area contributed by atoms with Crippen LogP contribution in [0, 0.1) is 11.3 Å². The van der Waals surface area contributed by atoms with Gasteiger partial charge in [0.1, 0.15) is 6.54 Å². The van der Waals surface area contributed by atoms with Crippen LogP contribution >= 0.6 is 0 Å². The van der Waals surface area contributed by atoms with Crippen LogP contribution < -0.4 is 5.32 Å². The number of carbonyl (C=O) groups is 1. The molecule has 0 radical (unpaired) electrons. The average molecular weight is 216 g/mol. The van der Waals surface area contributed by atoms with Crippen LogP contribution in [0.5, 0.6) is 0 Å². The molecule has 0 spiro atoms. The molecule has 1 amide bonds. The lowest BCUT2D eigenvalue weighted by Crippen LogP contribution is -2.23. The minimum Gasteiger partial charge on any atom is -0.339 e. The third-order valence-corrected chi connectivity index (χ3v) is 2.36. The molecular weight excluding hydrogens is 200 g/mol. The summed E-state index contributed by atoms with van der Waals surface area (Å²) in [5.41, 5.74) is 1.86. The van der Waals surface area contributed by atoms with Crippen molar-refractivity contribution in [3.63, 3.8) is 0 Å². The highest BCUT2D eigenvalue weighted by Crippen LogP contribution is 2.07. The number of hydrogen-bond donors (Lipinski definition) is 1. The van der Waals surface area contributed by atoms with E-state index in [1.54, 1.807) is 12.1 Å². The zero-order chi connectivity index (χ0) is 11.8. The van der Waals surface area contributed by atoms with Crippen LogP contribution in [0.3, 0.4) is 0 Å². The maximum absolute atomic E-state index is 11.5. The highest BCUT2D eigenvalue weighted by atomic mass is 16.1. The predicted molar refractivity (Wildman–Crippen MR) is 63.0 cm³/mol. The van der Waals surface area contributed by atoms with Gasteiger partial charge in [-0.15, -0.1) is 0 Å². The summed E-state index contributed by atoms with van der Waals surface area (Å²) in [4.78, 5) is 11.5. The fraction of sp³-hybridized carbons (Fsp3) is 0.385. The van der Waals surface area contributed by atoms with E-state index in [0.717, 1.165) is 6.42 Å². The number of nitriles is 1. The first-order valence-corrected chi connectivity index (χ1v) is 5.52. The lowest BCUT2D eigenvalue weighted by molar-refractivity contribution is 0.0958. The van der Waals surface area contributed by atoms with E-state index >= 15 is 0 Å². The van der Waals surface area contributed by atoms with Crippen molar-refractivity contribution in [1.82, 2.24) is 5.32 Å². The Hall–Kier alpha value is -1.82. The first-order valence-electron chi connectivity index (χ1n) is 5.52. The average Bonchev–Trinajstić information content (AvgIpc) is 2.34. The molecule has 0 unspecified atom stereocenters. The van der Waals surface area contributed by atoms with Gasteiger partial charge in [0, 0.05) is 5.56 Å². The molecule has 0 fully saturated rings. The van der Waals surface area contributed by atoms with E-state index in [4.69, 9.17) is 5.26 Å². The van der Waals surface area contributed by atoms with Crippen molar-refractivity contribution in [2.24, 2.45) is 0 Å². The molecule has 1 aromatic carbocycles. The number of rotatable bonds is 5. The number of nitrogens with zero attached hydrogens (tertiary/aromatic N) is 1. The highest BCUT2D eigenvalue weighted by molar-refractivity contribution is 5.94. The first-order chi connectivity index (χ1) is 7.77. The molecule has 0 aromatic heterocycles. The van der Waals surface area contributed by atoms with Crippen LogP contribution in [0.25, 0.3) is 0 Å². The van der Waals surface area contributed by atoms with Crippen LogP contribution in [0.1, 0.15) is 35.7 Å². The van der Waals surface area contributed by atoms with E-state index in [1.807, 2.05) is 18.2 Å². The van der Waals surface area contributed by atoms with E-state index in [1.165, 1.54) is 18.4 Å². The van der Waals surface area contributed by atoms with Crippen LogP contribution in [0.2, 0.25) is 0 Å². The van der Waals surface area contributed by atoms with Gasteiger partial charge in [0.05, 0.1) is 6.07 Å². The summed E-state index contributed by atoms with van der Waals surface area (Å²) < 4.78 is 0. The van der Waals surface area contributed by atoms with E-state index in [0.29, 0.717) is 5.56 Å². The molecule has 0 heterocycles. The number of carbonyl (C=O) groups excluding carboxylic acids is 1. The molecule has 0 bridgehead atoms. The molecule has 0 aliphatic carbocycles. The fourth-order valence-corrected chi connectivity index (χ4v) is 1.43. The largest absolute Gasteiger partial charge is 0.339 e. The van der Waals surface area contributed by atoms with Crippen molar-refractivity contribution in [1.29, 1.82) is 5.26 Å². The number of unbranched alkanes of at least 4 members (excludes halogenated alkanes) is 1. The Labute approximate surface area is 96.1 Å². The van der Waals surface area contributed by atoms with Gasteiger partial charge in [0.25, 0.3) is 5.91 Å². The van der Waals surface area contributed by atoms with Crippen LogP contribution in [-0.4, -0.2) is 12.5 Å². The normalized spacial score (nSPS) is 9.50. The van der Waals surface area contributed by atoms with E-state index in [9.17, 15) is 4.79 Å². The Balaban J connectivity index is 2.57. The second-order valence-corrected chi connectivity index (χ2v) is 3.64. The summed E-state index contributed by atoms with van der Waals surface area (Å²) in [6.07, 6.45) is 3.39. The van der Waals surface area contributed by atoms with Gasteiger partial charge in [-0.05, 0) is 30.5 Å². The van der Waals surface area contributed by atoms with Gasteiger partial charge in [-0.2, -0.15) is 5.26 Å². The molecule has 16 heavy (non-hydrogen) atoms. The minimum absolute atomic E-state index is 0.0520. The lowest BCUT2D eigenvalue weighted by Gasteiger charge is -2.03. The van der Waals surface area contributed by atoms with Crippen LogP contribution in [0.4, 0.5) is 0 Å². The molecule has 1 aromatic rings. The number of amides is 1. The molecule has 84 valence electrons. The molecule has 0 aliphatic rings. The second kappa shape index (κ2) is 6.62. The Morgan fingerprint density at radius 2 is 2.06 bits per heavy atom. The molecule has 1 rings (SSSR count). The molecule has 0 atom stereocenters. The van der Waals surface area contributed by atoms with Gasteiger partial charge < -0.3 is 5.32 Å². The number of benzene rings is 1. The Kier molecular flexibility index (Phi) is 5.07. The minimum atomic E-state index is -0.191. The predicted octanol–water partition coefficient (Wildman–Crippen LogP) is 2.28. The van der Waals surface area contributed by atoms with Crippen molar-refractivity contribution in [3.8, 4) is 6.07 Å². The molecule has 0 saturated carbocycles. The lowest BCUT2D eigenvalue weighted by atomic mass is 10.1. The number of nitrogens with one attached hydrogen (secondary N) is 1. The Morgan fingerprint density at radius 1 is 1.38 bits per heavy atom. The monoisotopic (exact) mass is 216 g/mol. The van der Waals surface area contributed by atoms with Crippen molar-refractivity contribution >= 4 is 5.91 Å². The SMILES string of the molecule is CCCCc1ccc(C(=O)NCC#N)cc1. The summed E-state index contributed by atoms with van der Waals surface area (Å²) >= 11 is 0. The third kappa shape index (κ3) is 3.74. The summed E-state index contributed by atoms with van der Waals surface area (Å²) in [5, 5.41) is 10.8. The van der Waals surface area contributed by atoms with Gasteiger partial charge in [-0.1, -0.05) is 25.5 Å². The molecule has 3 heteroatoms. The zero-order valence-electron chi connectivity index (χ0n) is 9.49. The standard InChI is InChI=1S/C13H16N2O/c1-2-3-4-11-5-7-12(8-6-11)13(16)15-10-9-14/h5-8H,2-4,10H2,1H3,(H,15,16). The quantitative estimate of drug-likeness (QED) is 0.768. The third-order valence-electron chi connectivity index (χ3n) is 2.36. The van der Waals surface area contributed by atoms with Gasteiger partial charge in [-0.3, -0.25) is 4.79 Å². The van der Waals surface area contributed by atoms with E-state index in [2.05, 4.69) is 12.2 Å². The molecular formula is C13H16N2O. The van der Waals surface area contributed by atoms with Gasteiger partial charge in [0.2, 0.25) is 0 Å². The molecule has 0 saturated heterocycles.